The van der Waals surface area contributed by atoms with Crippen molar-refractivity contribution in [3.05, 3.63) is 70.5 Å². The molecule has 2 heterocycles. The number of carbonyl (C=O) groups is 3. The van der Waals surface area contributed by atoms with Crippen LogP contribution in [-0.2, 0) is 14.2 Å². The molecule has 2 aromatic carbocycles. The van der Waals surface area contributed by atoms with Crippen LogP contribution in [-0.4, -0.2) is 52.2 Å². The number of benzene rings is 2. The zero-order valence-corrected chi connectivity index (χ0v) is 22.0. The number of aromatic nitrogens is 3. The molecule has 0 saturated heterocycles. The lowest BCUT2D eigenvalue weighted by atomic mass is 10.0. The van der Waals surface area contributed by atoms with E-state index in [4.69, 9.17) is 14.2 Å². The van der Waals surface area contributed by atoms with Crippen LogP contribution in [0.15, 0.2) is 59.2 Å². The van der Waals surface area contributed by atoms with E-state index in [0.717, 1.165) is 0 Å². The molecule has 0 spiro atoms. The van der Waals surface area contributed by atoms with Gasteiger partial charge in [-0.05, 0) is 54.9 Å². The molecule has 4 aromatic rings. The van der Waals surface area contributed by atoms with Gasteiger partial charge in [-0.1, -0.05) is 30.3 Å². The number of fused-ring (bicyclic) bond motifs is 1. The van der Waals surface area contributed by atoms with Gasteiger partial charge in [0.15, 0.2) is 5.69 Å². The number of carbonyl (C=O) groups excluding carboxylic acids is 3. The average molecular weight is 554 g/mol. The molecule has 0 bridgehead atoms. The van der Waals surface area contributed by atoms with Crippen molar-refractivity contribution < 1.29 is 28.6 Å². The number of methoxy groups -OCH3 is 2. The lowest BCUT2D eigenvalue weighted by Crippen LogP contribution is -2.26. The standard InChI is InChI=1S/C26H24BrN3O6/c1-26(2,3)36-25(33)29-14-17(27)19-16(12-9-13-18(19)29)21-20(23(31)34-4)22(24(32)35-5)30(28-21)15-10-7-6-8-11-15/h6-14H,1-5H3. The first-order chi connectivity index (χ1) is 17.1. The Balaban J connectivity index is 2.04. The first kappa shape index (κ1) is 25.2. The maximum absolute atomic E-state index is 13.0. The Bertz CT molecular complexity index is 1480. The van der Waals surface area contributed by atoms with Crippen LogP contribution in [0.5, 0.6) is 0 Å². The van der Waals surface area contributed by atoms with Crippen molar-refractivity contribution in [2.75, 3.05) is 14.2 Å². The van der Waals surface area contributed by atoms with E-state index in [2.05, 4.69) is 21.0 Å². The van der Waals surface area contributed by atoms with E-state index in [1.54, 1.807) is 69.4 Å². The summed E-state index contributed by atoms with van der Waals surface area (Å²) in [4.78, 5) is 38.8. The first-order valence-electron chi connectivity index (χ1n) is 11.0. The molecule has 36 heavy (non-hydrogen) atoms. The summed E-state index contributed by atoms with van der Waals surface area (Å²) in [6.07, 6.45) is 1.03. The van der Waals surface area contributed by atoms with Gasteiger partial charge in [-0.15, -0.1) is 0 Å². The predicted molar refractivity (Wildman–Crippen MR) is 137 cm³/mol. The molecule has 4 rings (SSSR count). The van der Waals surface area contributed by atoms with Crippen molar-refractivity contribution in [1.82, 2.24) is 14.3 Å². The molecular formula is C26H24BrN3O6. The Hall–Kier alpha value is -3.92. The Kier molecular flexibility index (Phi) is 6.73. The average Bonchev–Trinajstić information content (AvgIpc) is 3.41. The van der Waals surface area contributed by atoms with Crippen LogP contribution in [0.4, 0.5) is 4.79 Å². The minimum absolute atomic E-state index is 0.0578. The normalized spacial score (nSPS) is 11.4. The summed E-state index contributed by atoms with van der Waals surface area (Å²) in [5, 5.41) is 5.26. The molecule has 0 atom stereocenters. The van der Waals surface area contributed by atoms with Gasteiger partial charge in [0, 0.05) is 21.6 Å². The first-order valence-corrected chi connectivity index (χ1v) is 11.7. The summed E-state index contributed by atoms with van der Waals surface area (Å²) < 4.78 is 18.9. The number of ether oxygens (including phenoxy) is 3. The van der Waals surface area contributed by atoms with E-state index in [1.807, 2.05) is 6.07 Å². The van der Waals surface area contributed by atoms with Crippen molar-refractivity contribution in [2.45, 2.75) is 26.4 Å². The molecule has 2 aromatic heterocycles. The van der Waals surface area contributed by atoms with E-state index in [9.17, 15) is 14.4 Å². The lowest BCUT2D eigenvalue weighted by molar-refractivity contribution is 0.0542. The van der Waals surface area contributed by atoms with Crippen molar-refractivity contribution >= 4 is 44.9 Å². The second kappa shape index (κ2) is 9.62. The zero-order valence-electron chi connectivity index (χ0n) is 20.4. The molecule has 0 saturated carbocycles. The molecule has 0 aliphatic carbocycles. The van der Waals surface area contributed by atoms with Gasteiger partial charge in [-0.2, -0.15) is 5.10 Å². The van der Waals surface area contributed by atoms with Gasteiger partial charge in [0.25, 0.3) is 0 Å². The van der Waals surface area contributed by atoms with Crippen molar-refractivity contribution in [1.29, 1.82) is 0 Å². The van der Waals surface area contributed by atoms with Gasteiger partial charge in [-0.3, -0.25) is 4.57 Å². The molecule has 10 heteroatoms. The number of para-hydroxylation sites is 1. The molecule has 0 unspecified atom stereocenters. The summed E-state index contributed by atoms with van der Waals surface area (Å²) in [7, 11) is 2.45. The van der Waals surface area contributed by atoms with Crippen LogP contribution in [0.25, 0.3) is 27.8 Å². The van der Waals surface area contributed by atoms with E-state index in [1.165, 1.54) is 23.5 Å². The Morgan fingerprint density at radius 3 is 2.19 bits per heavy atom. The third-order valence-corrected chi connectivity index (χ3v) is 5.88. The second-order valence-corrected chi connectivity index (χ2v) is 9.68. The summed E-state index contributed by atoms with van der Waals surface area (Å²) in [5.41, 5.74) is 0.939. The van der Waals surface area contributed by atoms with Gasteiger partial charge < -0.3 is 14.2 Å². The summed E-state index contributed by atoms with van der Waals surface area (Å²) in [6.45, 7) is 5.35. The highest BCUT2D eigenvalue weighted by molar-refractivity contribution is 9.10. The fourth-order valence-electron chi connectivity index (χ4n) is 3.84. The number of esters is 2. The minimum atomic E-state index is -0.757. The molecule has 0 aliphatic heterocycles. The van der Waals surface area contributed by atoms with Gasteiger partial charge >= 0.3 is 18.0 Å². The van der Waals surface area contributed by atoms with Gasteiger partial charge in [-0.25, -0.2) is 19.1 Å². The fraction of sp³-hybridized carbons (Fsp3) is 0.231. The molecule has 0 radical (unpaired) electrons. The Morgan fingerprint density at radius 2 is 1.58 bits per heavy atom. The van der Waals surface area contributed by atoms with Crippen LogP contribution in [0.2, 0.25) is 0 Å². The molecule has 0 fully saturated rings. The molecular weight excluding hydrogens is 530 g/mol. The van der Waals surface area contributed by atoms with Gasteiger partial charge in [0.1, 0.15) is 16.9 Å². The van der Waals surface area contributed by atoms with Crippen LogP contribution in [0, 0.1) is 0 Å². The molecule has 186 valence electrons. The van der Waals surface area contributed by atoms with E-state index < -0.39 is 23.6 Å². The topological polar surface area (TPSA) is 102 Å². The smallest absolute Gasteiger partial charge is 0.419 e. The quantitative estimate of drug-likeness (QED) is 0.239. The fourth-order valence-corrected chi connectivity index (χ4v) is 4.46. The molecule has 0 amide bonds. The maximum atomic E-state index is 13.0. The molecule has 0 N–H and O–H groups in total. The number of hydrogen-bond acceptors (Lipinski definition) is 7. The Labute approximate surface area is 215 Å². The molecule has 0 aliphatic rings. The van der Waals surface area contributed by atoms with E-state index in [-0.39, 0.29) is 17.0 Å². The number of rotatable bonds is 4. The highest BCUT2D eigenvalue weighted by atomic mass is 79.9. The molecule has 9 nitrogen and oxygen atoms in total. The summed E-state index contributed by atoms with van der Waals surface area (Å²) >= 11 is 3.53. The predicted octanol–water partition coefficient (Wildman–Crippen LogP) is 5.61. The number of nitrogens with zero attached hydrogens (tertiary/aromatic N) is 3. The minimum Gasteiger partial charge on any atom is -0.465 e. The summed E-state index contributed by atoms with van der Waals surface area (Å²) in [5.74, 6) is -1.51. The highest BCUT2D eigenvalue weighted by Gasteiger charge is 2.33. The second-order valence-electron chi connectivity index (χ2n) is 8.83. The van der Waals surface area contributed by atoms with E-state index in [0.29, 0.717) is 26.6 Å². The van der Waals surface area contributed by atoms with E-state index >= 15 is 0 Å². The van der Waals surface area contributed by atoms with Crippen molar-refractivity contribution in [3.63, 3.8) is 0 Å². The third-order valence-electron chi connectivity index (χ3n) is 5.28. The highest BCUT2D eigenvalue weighted by Crippen LogP contribution is 2.38. The van der Waals surface area contributed by atoms with Crippen molar-refractivity contribution in [2.24, 2.45) is 0 Å². The van der Waals surface area contributed by atoms with Crippen LogP contribution in [0.3, 0.4) is 0 Å². The Morgan fingerprint density at radius 1 is 0.917 bits per heavy atom. The number of hydrogen-bond donors (Lipinski definition) is 0. The SMILES string of the molecule is COC(=O)c1c(-c2cccc3c2c(Br)cn3C(=O)OC(C)(C)C)nn(-c2ccccc2)c1C(=O)OC. The monoisotopic (exact) mass is 553 g/mol. The van der Waals surface area contributed by atoms with Gasteiger partial charge in [0.05, 0.1) is 25.4 Å². The number of halogens is 1. The summed E-state index contributed by atoms with van der Waals surface area (Å²) in [6, 6.07) is 14.1. The van der Waals surface area contributed by atoms with Crippen LogP contribution < -0.4 is 0 Å². The van der Waals surface area contributed by atoms with Crippen LogP contribution >= 0.6 is 15.9 Å². The van der Waals surface area contributed by atoms with Crippen LogP contribution in [0.1, 0.15) is 41.6 Å². The largest absolute Gasteiger partial charge is 0.465 e. The lowest BCUT2D eigenvalue weighted by Gasteiger charge is -2.19. The zero-order chi connectivity index (χ0) is 26.2. The third kappa shape index (κ3) is 4.51. The maximum Gasteiger partial charge on any atom is 0.419 e. The van der Waals surface area contributed by atoms with Crippen molar-refractivity contribution in [3.8, 4) is 16.9 Å². The van der Waals surface area contributed by atoms with Gasteiger partial charge in [0.2, 0.25) is 0 Å².